The Hall–Kier alpha value is -2.82. The molecule has 2 rings (SSSR count). The molecule has 0 aliphatic rings. The molecule has 0 saturated heterocycles. The number of amides is 1. The van der Waals surface area contributed by atoms with Gasteiger partial charge in [-0.05, 0) is 30.2 Å². The Morgan fingerprint density at radius 2 is 1.71 bits per heavy atom. The highest BCUT2D eigenvalue weighted by Crippen LogP contribution is 2.16. The first-order valence-corrected chi connectivity index (χ1v) is 7.78. The average Bonchev–Trinajstić information content (AvgIpc) is 2.61. The van der Waals surface area contributed by atoms with E-state index in [0.717, 1.165) is 11.3 Å². The van der Waals surface area contributed by atoms with Crippen molar-refractivity contribution < 1.29 is 19.1 Å². The van der Waals surface area contributed by atoms with E-state index >= 15 is 0 Å². The zero-order chi connectivity index (χ0) is 17.4. The van der Waals surface area contributed by atoms with Gasteiger partial charge in [-0.3, -0.25) is 4.79 Å². The van der Waals surface area contributed by atoms with Gasteiger partial charge >= 0.3 is 5.97 Å². The van der Waals surface area contributed by atoms with E-state index < -0.39 is 12.0 Å². The molecule has 126 valence electrons. The van der Waals surface area contributed by atoms with Crippen LogP contribution in [0.25, 0.3) is 0 Å². The summed E-state index contributed by atoms with van der Waals surface area (Å²) in [5.74, 6) is 0.0121. The summed E-state index contributed by atoms with van der Waals surface area (Å²) in [4.78, 5) is 24.2. The van der Waals surface area contributed by atoms with Gasteiger partial charge in [0, 0.05) is 0 Å². The van der Waals surface area contributed by atoms with Gasteiger partial charge in [-0.2, -0.15) is 0 Å². The molecule has 2 aromatic rings. The maximum absolute atomic E-state index is 12.3. The highest BCUT2D eigenvalue weighted by atomic mass is 16.5. The van der Waals surface area contributed by atoms with Crippen molar-refractivity contribution in [2.75, 3.05) is 13.7 Å². The molecule has 1 N–H and O–H groups in total. The Kier molecular flexibility index (Phi) is 6.37. The molecule has 5 heteroatoms. The lowest BCUT2D eigenvalue weighted by atomic mass is 10.1. The normalized spacial score (nSPS) is 11.4. The van der Waals surface area contributed by atoms with Crippen molar-refractivity contribution in [1.29, 1.82) is 0 Å². The number of rotatable bonds is 7. The predicted molar refractivity (Wildman–Crippen MR) is 90.7 cm³/mol. The van der Waals surface area contributed by atoms with E-state index in [0.29, 0.717) is 12.2 Å². The number of benzene rings is 2. The molecule has 1 amide bonds. The van der Waals surface area contributed by atoms with Crippen molar-refractivity contribution in [1.82, 2.24) is 5.32 Å². The fraction of sp³-hybridized carbons (Fsp3) is 0.263. The average molecular weight is 327 g/mol. The number of hydrogen-bond acceptors (Lipinski definition) is 4. The molecule has 0 fully saturated rings. The second kappa shape index (κ2) is 8.72. The van der Waals surface area contributed by atoms with E-state index in [1.54, 1.807) is 12.1 Å². The van der Waals surface area contributed by atoms with Crippen LogP contribution in [-0.4, -0.2) is 25.6 Å². The van der Waals surface area contributed by atoms with E-state index in [4.69, 9.17) is 9.47 Å². The van der Waals surface area contributed by atoms with E-state index in [9.17, 15) is 9.59 Å². The second-order valence-corrected chi connectivity index (χ2v) is 5.19. The van der Waals surface area contributed by atoms with Gasteiger partial charge < -0.3 is 14.8 Å². The summed E-state index contributed by atoms with van der Waals surface area (Å²) in [6.07, 6.45) is 0.173. The van der Waals surface area contributed by atoms with Crippen LogP contribution in [0.15, 0.2) is 54.6 Å². The number of esters is 1. The van der Waals surface area contributed by atoms with Crippen LogP contribution in [0.1, 0.15) is 24.1 Å². The van der Waals surface area contributed by atoms with Crippen LogP contribution in [-0.2, 0) is 20.7 Å². The van der Waals surface area contributed by atoms with Crippen LogP contribution in [0.2, 0.25) is 0 Å². The maximum atomic E-state index is 12.3. The fourth-order valence-corrected chi connectivity index (χ4v) is 2.31. The van der Waals surface area contributed by atoms with Crippen LogP contribution in [0, 0.1) is 0 Å². The molecule has 0 aliphatic heterocycles. The number of carbonyl (C=O) groups is 2. The first-order chi connectivity index (χ1) is 11.6. The van der Waals surface area contributed by atoms with Gasteiger partial charge in [0.1, 0.15) is 5.75 Å². The van der Waals surface area contributed by atoms with Crippen molar-refractivity contribution in [3.05, 3.63) is 65.7 Å². The summed E-state index contributed by atoms with van der Waals surface area (Å²) < 4.78 is 10.2. The van der Waals surface area contributed by atoms with E-state index in [2.05, 4.69) is 5.32 Å². The molecule has 1 atom stereocenters. The van der Waals surface area contributed by atoms with Crippen LogP contribution in [0.5, 0.6) is 5.75 Å². The molecule has 0 saturated carbocycles. The summed E-state index contributed by atoms with van der Waals surface area (Å²) in [5.41, 5.74) is 1.53. The molecule has 2 aromatic carbocycles. The number of ether oxygens (including phenoxy) is 2. The third-order valence-corrected chi connectivity index (χ3v) is 3.47. The lowest BCUT2D eigenvalue weighted by Crippen LogP contribution is -2.35. The molecule has 0 radical (unpaired) electrons. The number of nitrogens with one attached hydrogen (secondary N) is 1. The Balaban J connectivity index is 2.03. The number of carbonyl (C=O) groups excluding carboxylic acids is 2. The molecular weight excluding hydrogens is 306 g/mol. The van der Waals surface area contributed by atoms with Gasteiger partial charge in [-0.1, -0.05) is 42.5 Å². The molecule has 0 bridgehead atoms. The lowest BCUT2D eigenvalue weighted by molar-refractivity contribution is -0.145. The Morgan fingerprint density at radius 3 is 2.29 bits per heavy atom. The first-order valence-electron chi connectivity index (χ1n) is 7.78. The third-order valence-electron chi connectivity index (χ3n) is 3.47. The van der Waals surface area contributed by atoms with Crippen LogP contribution < -0.4 is 10.1 Å². The Bertz CT molecular complexity index is 668. The topological polar surface area (TPSA) is 64.6 Å². The monoisotopic (exact) mass is 327 g/mol. The summed E-state index contributed by atoms with van der Waals surface area (Å²) in [6.45, 7) is 2.51. The van der Waals surface area contributed by atoms with E-state index in [1.165, 1.54) is 7.11 Å². The van der Waals surface area contributed by atoms with E-state index in [1.807, 2.05) is 49.4 Å². The van der Waals surface area contributed by atoms with Gasteiger partial charge in [0.25, 0.3) is 0 Å². The number of methoxy groups -OCH3 is 1. The minimum absolute atomic E-state index is 0.173. The zero-order valence-electron chi connectivity index (χ0n) is 13.8. The molecule has 0 aliphatic carbocycles. The molecule has 1 unspecified atom stereocenters. The summed E-state index contributed by atoms with van der Waals surface area (Å²) in [7, 11) is 1.30. The highest BCUT2D eigenvalue weighted by molar-refractivity contribution is 5.86. The maximum Gasteiger partial charge on any atom is 0.333 e. The molecule has 0 aromatic heterocycles. The van der Waals surface area contributed by atoms with Crippen molar-refractivity contribution >= 4 is 11.9 Å². The second-order valence-electron chi connectivity index (χ2n) is 5.19. The Morgan fingerprint density at radius 1 is 1.04 bits per heavy atom. The van der Waals surface area contributed by atoms with Gasteiger partial charge in [-0.25, -0.2) is 4.79 Å². The molecular formula is C19H21NO4. The van der Waals surface area contributed by atoms with Crippen LogP contribution in [0.4, 0.5) is 0 Å². The van der Waals surface area contributed by atoms with Crippen molar-refractivity contribution in [3.8, 4) is 5.75 Å². The standard InChI is InChI=1S/C19H21NO4/c1-3-24-16-11-9-14(10-12-16)13-17(21)20-18(19(22)23-2)15-7-5-4-6-8-15/h4-12,18H,3,13H2,1-2H3,(H,20,21). The van der Waals surface area contributed by atoms with Gasteiger partial charge in [-0.15, -0.1) is 0 Å². The number of hydrogen-bond donors (Lipinski definition) is 1. The smallest absolute Gasteiger partial charge is 0.333 e. The van der Waals surface area contributed by atoms with Crippen molar-refractivity contribution in [2.24, 2.45) is 0 Å². The quantitative estimate of drug-likeness (QED) is 0.794. The SMILES string of the molecule is CCOc1ccc(CC(=O)NC(C(=O)OC)c2ccccc2)cc1. The minimum atomic E-state index is -0.814. The van der Waals surface area contributed by atoms with Gasteiger partial charge in [0.2, 0.25) is 5.91 Å². The zero-order valence-corrected chi connectivity index (χ0v) is 13.8. The summed E-state index contributed by atoms with van der Waals surface area (Å²) in [6, 6.07) is 15.5. The van der Waals surface area contributed by atoms with Gasteiger partial charge in [0.15, 0.2) is 6.04 Å². The molecule has 5 nitrogen and oxygen atoms in total. The third kappa shape index (κ3) is 4.84. The first kappa shape index (κ1) is 17.5. The van der Waals surface area contributed by atoms with Crippen LogP contribution >= 0.6 is 0 Å². The fourth-order valence-electron chi connectivity index (χ4n) is 2.31. The summed E-state index contributed by atoms with van der Waals surface area (Å²) in [5, 5.41) is 2.73. The van der Waals surface area contributed by atoms with Crippen molar-refractivity contribution in [2.45, 2.75) is 19.4 Å². The van der Waals surface area contributed by atoms with Gasteiger partial charge in [0.05, 0.1) is 20.1 Å². The largest absolute Gasteiger partial charge is 0.494 e. The lowest BCUT2D eigenvalue weighted by Gasteiger charge is -2.17. The predicted octanol–water partition coefficient (Wildman–Crippen LogP) is 2.66. The van der Waals surface area contributed by atoms with E-state index in [-0.39, 0.29) is 12.3 Å². The molecule has 24 heavy (non-hydrogen) atoms. The minimum Gasteiger partial charge on any atom is -0.494 e. The molecule has 0 spiro atoms. The van der Waals surface area contributed by atoms with Crippen molar-refractivity contribution in [3.63, 3.8) is 0 Å². The molecule has 0 heterocycles. The highest BCUT2D eigenvalue weighted by Gasteiger charge is 2.23. The Labute approximate surface area is 141 Å². The van der Waals surface area contributed by atoms with Crippen LogP contribution in [0.3, 0.4) is 0 Å². The summed E-state index contributed by atoms with van der Waals surface area (Å²) >= 11 is 0.